The van der Waals surface area contributed by atoms with Crippen LogP contribution in [0.3, 0.4) is 0 Å². The van der Waals surface area contributed by atoms with E-state index in [1.807, 2.05) is 37.3 Å². The van der Waals surface area contributed by atoms with Gasteiger partial charge in [-0.2, -0.15) is 0 Å². The van der Waals surface area contributed by atoms with Gasteiger partial charge in [-0.3, -0.25) is 4.79 Å². The van der Waals surface area contributed by atoms with Crippen LogP contribution in [0.5, 0.6) is 0 Å². The third kappa shape index (κ3) is 2.37. The molecule has 1 aliphatic rings. The third-order valence-electron chi connectivity index (χ3n) is 3.25. The molecule has 1 aliphatic heterocycles. The summed E-state index contributed by atoms with van der Waals surface area (Å²) in [4.78, 5) is 14.5. The van der Waals surface area contributed by atoms with Crippen molar-refractivity contribution >= 4 is 23.2 Å². The lowest BCUT2D eigenvalue weighted by molar-refractivity contribution is 0.104. The fourth-order valence-electron chi connectivity index (χ4n) is 2.20. The summed E-state index contributed by atoms with van der Waals surface area (Å²) in [6.07, 6.45) is 0. The molecule has 3 heteroatoms. The second kappa shape index (κ2) is 5.17. The van der Waals surface area contributed by atoms with Gasteiger partial charge < -0.3 is 5.32 Å². The summed E-state index contributed by atoms with van der Waals surface area (Å²) in [6.45, 7) is 4.01. The number of rotatable bonds is 2. The minimum atomic E-state index is 0.0766. The molecular weight excluding hydrogens is 266 g/mol. The van der Waals surface area contributed by atoms with E-state index < -0.39 is 0 Å². The minimum absolute atomic E-state index is 0.0766. The summed E-state index contributed by atoms with van der Waals surface area (Å²) in [5, 5.41) is 3.33. The summed E-state index contributed by atoms with van der Waals surface area (Å²) in [5.74, 6) is 0.0766. The number of aryl methyl sites for hydroxylation is 1. The lowest BCUT2D eigenvalue weighted by Crippen LogP contribution is -2.12. The number of thioether (sulfide) groups is 1. The average molecular weight is 281 g/mol. The Bertz CT molecular complexity index is 704. The molecule has 0 aliphatic carbocycles. The first-order valence-corrected chi connectivity index (χ1v) is 7.33. The molecule has 0 unspecified atom stereocenters. The van der Waals surface area contributed by atoms with Crippen LogP contribution in [-0.4, -0.2) is 5.78 Å². The van der Waals surface area contributed by atoms with Crippen LogP contribution in [0.2, 0.25) is 0 Å². The van der Waals surface area contributed by atoms with E-state index in [4.69, 9.17) is 0 Å². The molecule has 0 amide bonds. The summed E-state index contributed by atoms with van der Waals surface area (Å²) in [7, 11) is 0. The number of fused-ring (bicyclic) bond motifs is 1. The van der Waals surface area contributed by atoms with Crippen LogP contribution in [0, 0.1) is 6.92 Å². The maximum Gasteiger partial charge on any atom is 0.201 e. The number of hydrogen-bond acceptors (Lipinski definition) is 3. The van der Waals surface area contributed by atoms with Crippen LogP contribution >= 0.6 is 11.8 Å². The highest BCUT2D eigenvalue weighted by Gasteiger charge is 2.22. The van der Waals surface area contributed by atoms with Gasteiger partial charge in [-0.25, -0.2) is 0 Å². The number of carbonyl (C=O) groups excluding carboxylic acids is 1. The maximum atomic E-state index is 12.6. The second-order valence-electron chi connectivity index (χ2n) is 4.88. The highest BCUT2D eigenvalue weighted by Crippen LogP contribution is 2.41. The number of hydrogen-bond donors (Lipinski definition) is 1. The van der Waals surface area contributed by atoms with E-state index in [0.717, 1.165) is 26.7 Å². The highest BCUT2D eigenvalue weighted by atomic mass is 32.2. The van der Waals surface area contributed by atoms with Crippen molar-refractivity contribution in [1.82, 2.24) is 0 Å². The number of nitrogens with one attached hydrogen (secondary N) is 1. The Morgan fingerprint density at radius 3 is 2.55 bits per heavy atom. The predicted octanol–water partition coefficient (Wildman–Crippen LogP) is 4.63. The molecule has 100 valence electrons. The highest BCUT2D eigenvalue weighted by molar-refractivity contribution is 8.04. The minimum Gasteiger partial charge on any atom is -0.357 e. The van der Waals surface area contributed by atoms with E-state index in [2.05, 4.69) is 30.4 Å². The molecule has 2 aromatic carbocycles. The lowest BCUT2D eigenvalue weighted by atomic mass is 10.1. The molecule has 0 saturated carbocycles. The Balaban J connectivity index is 1.97. The SMILES string of the molecule is CC1=C(C(=O)c2ccccc2)Sc2cc(C)ccc2N1. The second-order valence-corrected chi connectivity index (χ2v) is 5.93. The zero-order valence-electron chi connectivity index (χ0n) is 11.4. The Hall–Kier alpha value is -2.00. The van der Waals surface area contributed by atoms with Crippen molar-refractivity contribution in [3.8, 4) is 0 Å². The summed E-state index contributed by atoms with van der Waals surface area (Å²) in [6, 6.07) is 15.7. The zero-order chi connectivity index (χ0) is 14.1. The van der Waals surface area contributed by atoms with Crippen LogP contribution < -0.4 is 5.32 Å². The molecule has 3 rings (SSSR count). The number of benzene rings is 2. The van der Waals surface area contributed by atoms with Crippen LogP contribution in [0.15, 0.2) is 64.0 Å². The van der Waals surface area contributed by atoms with E-state index in [0.29, 0.717) is 0 Å². The fourth-order valence-corrected chi connectivity index (χ4v) is 3.31. The molecule has 0 saturated heterocycles. The van der Waals surface area contributed by atoms with Crippen molar-refractivity contribution in [2.75, 3.05) is 5.32 Å². The molecule has 2 aromatic rings. The van der Waals surface area contributed by atoms with E-state index in [9.17, 15) is 4.79 Å². The van der Waals surface area contributed by atoms with Gasteiger partial charge >= 0.3 is 0 Å². The van der Waals surface area contributed by atoms with Gasteiger partial charge in [0.2, 0.25) is 5.78 Å². The smallest absolute Gasteiger partial charge is 0.201 e. The van der Waals surface area contributed by atoms with Crippen molar-refractivity contribution < 1.29 is 4.79 Å². The number of carbonyl (C=O) groups is 1. The van der Waals surface area contributed by atoms with E-state index in [-0.39, 0.29) is 5.78 Å². The normalized spacial score (nSPS) is 13.7. The van der Waals surface area contributed by atoms with Gasteiger partial charge in [0, 0.05) is 16.2 Å². The summed E-state index contributed by atoms with van der Waals surface area (Å²) in [5.41, 5.74) is 3.92. The zero-order valence-corrected chi connectivity index (χ0v) is 12.3. The number of anilines is 1. The largest absolute Gasteiger partial charge is 0.357 e. The third-order valence-corrected chi connectivity index (χ3v) is 4.51. The molecule has 1 N–H and O–H groups in total. The summed E-state index contributed by atoms with van der Waals surface area (Å²) < 4.78 is 0. The molecule has 0 radical (unpaired) electrons. The first-order valence-electron chi connectivity index (χ1n) is 6.51. The first kappa shape index (κ1) is 13.0. The quantitative estimate of drug-likeness (QED) is 0.814. The van der Waals surface area contributed by atoms with E-state index in [1.165, 1.54) is 5.56 Å². The maximum absolute atomic E-state index is 12.6. The van der Waals surface area contributed by atoms with Gasteiger partial charge in [-0.05, 0) is 31.5 Å². The van der Waals surface area contributed by atoms with Gasteiger partial charge in [0.15, 0.2) is 0 Å². The van der Waals surface area contributed by atoms with Crippen LogP contribution in [0.4, 0.5) is 5.69 Å². The van der Waals surface area contributed by atoms with Crippen molar-refractivity contribution in [3.05, 3.63) is 70.3 Å². The Morgan fingerprint density at radius 2 is 1.80 bits per heavy atom. The van der Waals surface area contributed by atoms with Gasteiger partial charge in [0.05, 0.1) is 10.6 Å². The standard InChI is InChI=1S/C17H15NOS/c1-11-8-9-14-15(10-11)20-17(12(2)18-14)16(19)13-6-4-3-5-7-13/h3-10,18H,1-2H3. The molecule has 0 aromatic heterocycles. The molecule has 0 atom stereocenters. The summed E-state index contributed by atoms with van der Waals surface area (Å²) >= 11 is 1.55. The molecule has 2 nitrogen and oxygen atoms in total. The Morgan fingerprint density at radius 1 is 1.05 bits per heavy atom. The molecule has 0 fully saturated rings. The van der Waals surface area contributed by atoms with Gasteiger partial charge in [0.1, 0.15) is 0 Å². The monoisotopic (exact) mass is 281 g/mol. The Kier molecular flexibility index (Phi) is 3.36. The lowest BCUT2D eigenvalue weighted by Gasteiger charge is -2.21. The van der Waals surface area contributed by atoms with E-state index in [1.54, 1.807) is 11.8 Å². The number of allylic oxidation sites excluding steroid dienone is 2. The van der Waals surface area contributed by atoms with Crippen LogP contribution in [0.25, 0.3) is 0 Å². The van der Waals surface area contributed by atoms with Gasteiger partial charge in [0.25, 0.3) is 0 Å². The van der Waals surface area contributed by atoms with Gasteiger partial charge in [-0.15, -0.1) is 0 Å². The molecule has 0 bridgehead atoms. The molecule has 0 spiro atoms. The number of ketones is 1. The Labute approximate surface area is 122 Å². The molecular formula is C17H15NOS. The van der Waals surface area contributed by atoms with E-state index >= 15 is 0 Å². The van der Waals surface area contributed by atoms with Crippen LogP contribution in [0.1, 0.15) is 22.8 Å². The van der Waals surface area contributed by atoms with Crippen molar-refractivity contribution in [2.45, 2.75) is 18.7 Å². The number of Topliss-reactive ketones (excluding diaryl/α,β-unsaturated/α-hetero) is 1. The van der Waals surface area contributed by atoms with Crippen molar-refractivity contribution in [1.29, 1.82) is 0 Å². The average Bonchev–Trinajstić information content (AvgIpc) is 2.47. The van der Waals surface area contributed by atoms with Crippen molar-refractivity contribution in [2.24, 2.45) is 0 Å². The van der Waals surface area contributed by atoms with Crippen molar-refractivity contribution in [3.63, 3.8) is 0 Å². The topological polar surface area (TPSA) is 29.1 Å². The molecule has 1 heterocycles. The van der Waals surface area contributed by atoms with Crippen LogP contribution in [-0.2, 0) is 0 Å². The first-order chi connectivity index (χ1) is 9.65. The fraction of sp³-hybridized carbons (Fsp3) is 0.118. The predicted molar refractivity (Wildman–Crippen MR) is 84.1 cm³/mol. The molecule has 20 heavy (non-hydrogen) atoms. The van der Waals surface area contributed by atoms with Gasteiger partial charge in [-0.1, -0.05) is 48.2 Å².